The van der Waals surface area contributed by atoms with Gasteiger partial charge in [0, 0.05) is 17.4 Å². The summed E-state index contributed by atoms with van der Waals surface area (Å²) in [7, 11) is -1.41. The van der Waals surface area contributed by atoms with E-state index < -0.39 is 9.84 Å². The lowest BCUT2D eigenvalue weighted by Crippen LogP contribution is -3.13. The van der Waals surface area contributed by atoms with E-state index in [1.165, 1.54) is 16.7 Å². The molecule has 28 heavy (non-hydrogen) atoms. The average Bonchev–Trinajstić information content (AvgIpc) is 2.68. The van der Waals surface area contributed by atoms with Gasteiger partial charge < -0.3 is 14.5 Å². The molecule has 2 aromatic carbocycles. The minimum atomic E-state index is -3.07. The van der Waals surface area contributed by atoms with Crippen molar-refractivity contribution in [2.45, 2.75) is 12.3 Å². The van der Waals surface area contributed by atoms with E-state index >= 15 is 0 Å². The summed E-state index contributed by atoms with van der Waals surface area (Å²) in [5, 5.41) is 0. The molecule has 0 atom stereocenters. The summed E-state index contributed by atoms with van der Waals surface area (Å²) in [6, 6.07) is 15.0. The number of amides is 1. The van der Waals surface area contributed by atoms with E-state index in [-0.39, 0.29) is 11.7 Å². The fourth-order valence-corrected chi connectivity index (χ4v) is 4.26. The van der Waals surface area contributed by atoms with Crippen molar-refractivity contribution in [1.29, 1.82) is 0 Å². The Kier molecular flexibility index (Phi) is 6.36. The van der Waals surface area contributed by atoms with E-state index in [1.54, 1.807) is 31.4 Å². The summed E-state index contributed by atoms with van der Waals surface area (Å²) < 4.78 is 27.9. The minimum absolute atomic E-state index is 0.00509. The molecule has 0 unspecified atom stereocenters. The van der Waals surface area contributed by atoms with Crippen LogP contribution in [0.3, 0.4) is 0 Å². The highest BCUT2D eigenvalue weighted by atomic mass is 32.2. The summed E-state index contributed by atoms with van der Waals surface area (Å²) in [6.07, 6.45) is 1.21. The highest BCUT2D eigenvalue weighted by Crippen LogP contribution is 2.12. The molecule has 1 aliphatic heterocycles. The van der Waals surface area contributed by atoms with E-state index in [4.69, 9.17) is 4.74 Å². The van der Waals surface area contributed by atoms with Gasteiger partial charge in [0.05, 0.1) is 39.0 Å². The van der Waals surface area contributed by atoms with Crippen molar-refractivity contribution in [3.8, 4) is 5.75 Å². The molecule has 150 valence electrons. The second-order valence-corrected chi connectivity index (χ2v) is 9.47. The second-order valence-electron chi connectivity index (χ2n) is 7.33. The lowest BCUT2D eigenvalue weighted by Gasteiger charge is -2.32. The van der Waals surface area contributed by atoms with E-state index in [0.29, 0.717) is 11.1 Å². The number of nitrogens with one attached hydrogen (secondary N) is 1. The van der Waals surface area contributed by atoms with Crippen LogP contribution in [-0.4, -0.2) is 58.8 Å². The van der Waals surface area contributed by atoms with Crippen molar-refractivity contribution in [3.05, 3.63) is 65.2 Å². The van der Waals surface area contributed by atoms with Crippen LogP contribution in [0.5, 0.6) is 5.75 Å². The number of ether oxygens (including phenoxy) is 1. The molecule has 0 saturated carbocycles. The number of rotatable bonds is 6. The van der Waals surface area contributed by atoms with Gasteiger partial charge in [0.1, 0.15) is 12.3 Å². The zero-order valence-corrected chi connectivity index (χ0v) is 17.2. The van der Waals surface area contributed by atoms with Crippen molar-refractivity contribution in [2.24, 2.45) is 0 Å². The fourth-order valence-electron chi connectivity index (χ4n) is 3.46. The number of sulfone groups is 1. The summed E-state index contributed by atoms with van der Waals surface area (Å²) in [5.41, 5.74) is 2.57. The van der Waals surface area contributed by atoms with Gasteiger partial charge in [0.2, 0.25) is 0 Å². The van der Waals surface area contributed by atoms with Gasteiger partial charge in [-0.15, -0.1) is 0 Å². The first-order valence-corrected chi connectivity index (χ1v) is 11.4. The maximum atomic E-state index is 12.7. The van der Waals surface area contributed by atoms with Gasteiger partial charge in [-0.2, -0.15) is 0 Å². The first kappa shape index (κ1) is 20.4. The maximum Gasteiger partial charge on any atom is 0.254 e. The number of nitrogens with zero attached hydrogens (tertiary/aromatic N) is 1. The molecule has 0 bridgehead atoms. The largest absolute Gasteiger partial charge is 0.497 e. The summed E-state index contributed by atoms with van der Waals surface area (Å²) in [4.78, 5) is 16.1. The number of quaternary nitrogens is 1. The molecule has 2 aromatic rings. The van der Waals surface area contributed by atoms with Crippen molar-refractivity contribution in [1.82, 2.24) is 4.90 Å². The first-order valence-electron chi connectivity index (χ1n) is 9.36. The monoisotopic (exact) mass is 403 g/mol. The lowest BCUT2D eigenvalue weighted by atomic mass is 10.1. The molecule has 1 aliphatic rings. The van der Waals surface area contributed by atoms with Gasteiger partial charge in [-0.3, -0.25) is 4.79 Å². The highest BCUT2D eigenvalue weighted by molar-refractivity contribution is 7.89. The zero-order chi connectivity index (χ0) is 20.1. The molecule has 0 radical (unpaired) electrons. The highest BCUT2D eigenvalue weighted by Gasteiger charge is 2.24. The van der Waals surface area contributed by atoms with Crippen molar-refractivity contribution in [2.75, 3.05) is 39.5 Å². The van der Waals surface area contributed by atoms with Crippen molar-refractivity contribution in [3.63, 3.8) is 0 Å². The molecule has 1 saturated heterocycles. The molecular formula is C21H27N2O4S+. The van der Waals surface area contributed by atoms with Crippen molar-refractivity contribution < 1.29 is 22.8 Å². The molecular weight excluding hydrogens is 376 g/mol. The Hall–Kier alpha value is -2.38. The molecule has 1 N–H and O–H groups in total. The van der Waals surface area contributed by atoms with E-state index in [1.807, 2.05) is 17.0 Å². The van der Waals surface area contributed by atoms with Gasteiger partial charge in [0.25, 0.3) is 5.91 Å². The molecule has 1 amide bonds. The Morgan fingerprint density at radius 3 is 2.11 bits per heavy atom. The van der Waals surface area contributed by atoms with E-state index in [9.17, 15) is 13.2 Å². The predicted molar refractivity (Wildman–Crippen MR) is 108 cm³/mol. The number of hydrogen-bond acceptors (Lipinski definition) is 4. The van der Waals surface area contributed by atoms with Crippen LogP contribution in [0.4, 0.5) is 0 Å². The molecule has 1 fully saturated rings. The third-order valence-corrected chi connectivity index (χ3v) is 5.86. The lowest BCUT2D eigenvalue weighted by molar-refractivity contribution is -0.917. The molecule has 3 rings (SSSR count). The van der Waals surface area contributed by atoms with E-state index in [0.717, 1.165) is 38.5 Å². The Morgan fingerprint density at radius 2 is 1.57 bits per heavy atom. The summed E-state index contributed by atoms with van der Waals surface area (Å²) in [6.45, 7) is 4.19. The van der Waals surface area contributed by atoms with Crippen molar-refractivity contribution >= 4 is 15.7 Å². The fraction of sp³-hybridized carbons (Fsp3) is 0.381. The third-order valence-electron chi connectivity index (χ3n) is 5.00. The number of hydrogen-bond donors (Lipinski definition) is 1. The third kappa shape index (κ3) is 5.56. The SMILES string of the molecule is COc1ccc(C[NH+]2CCN(C(=O)c3ccc(CS(C)(=O)=O)cc3)CC2)cc1. The standard InChI is InChI=1S/C21H26N2O4S/c1-27-20-9-5-17(6-10-20)15-22-11-13-23(14-12-22)21(24)19-7-3-18(4-8-19)16-28(2,25)26/h3-10H,11-16H2,1-2H3/p+1. The predicted octanol–water partition coefficient (Wildman–Crippen LogP) is 0.781. The molecule has 0 spiro atoms. The molecule has 0 aliphatic carbocycles. The molecule has 1 heterocycles. The molecule has 7 heteroatoms. The van der Waals surface area contributed by atoms with Crippen LogP contribution in [0.1, 0.15) is 21.5 Å². The van der Waals surface area contributed by atoms with Crippen LogP contribution in [0, 0.1) is 0 Å². The van der Waals surface area contributed by atoms with Crippen LogP contribution in [0.2, 0.25) is 0 Å². The van der Waals surface area contributed by atoms with Gasteiger partial charge >= 0.3 is 0 Å². The molecule has 6 nitrogen and oxygen atoms in total. The summed E-state index contributed by atoms with van der Waals surface area (Å²) in [5.74, 6) is 0.862. The minimum Gasteiger partial charge on any atom is -0.497 e. The number of piperazine rings is 1. The molecule has 0 aromatic heterocycles. The number of methoxy groups -OCH3 is 1. The number of carbonyl (C=O) groups excluding carboxylic acids is 1. The Bertz CT molecular complexity index is 900. The number of benzene rings is 2. The smallest absolute Gasteiger partial charge is 0.254 e. The van der Waals surface area contributed by atoms with Crippen LogP contribution in [0.25, 0.3) is 0 Å². The Balaban J connectivity index is 1.53. The first-order chi connectivity index (χ1) is 13.3. The topological polar surface area (TPSA) is 68.1 Å². The van der Waals surface area contributed by atoms with Gasteiger partial charge in [-0.05, 0) is 42.0 Å². The second kappa shape index (κ2) is 8.75. The van der Waals surface area contributed by atoms with Crippen LogP contribution >= 0.6 is 0 Å². The van der Waals surface area contributed by atoms with Gasteiger partial charge in [-0.25, -0.2) is 8.42 Å². The zero-order valence-electron chi connectivity index (χ0n) is 16.3. The van der Waals surface area contributed by atoms with Gasteiger partial charge in [-0.1, -0.05) is 12.1 Å². The number of carbonyl (C=O) groups is 1. The van der Waals surface area contributed by atoms with E-state index in [2.05, 4.69) is 12.1 Å². The maximum absolute atomic E-state index is 12.7. The van der Waals surface area contributed by atoms with Crippen LogP contribution < -0.4 is 9.64 Å². The Labute approximate surface area is 166 Å². The van der Waals surface area contributed by atoms with Gasteiger partial charge in [0.15, 0.2) is 9.84 Å². The summed E-state index contributed by atoms with van der Waals surface area (Å²) >= 11 is 0. The quantitative estimate of drug-likeness (QED) is 0.774. The van der Waals surface area contributed by atoms with Crippen LogP contribution in [0.15, 0.2) is 48.5 Å². The Morgan fingerprint density at radius 1 is 1.00 bits per heavy atom. The van der Waals surface area contributed by atoms with Crippen LogP contribution in [-0.2, 0) is 22.1 Å². The average molecular weight is 404 g/mol. The normalized spacial score (nSPS) is 15.4.